The second-order valence-corrected chi connectivity index (χ2v) is 5.59. The van der Waals surface area contributed by atoms with Gasteiger partial charge in [0.2, 0.25) is 0 Å². The summed E-state index contributed by atoms with van der Waals surface area (Å²) in [5.74, 6) is 3.97. The van der Waals surface area contributed by atoms with E-state index in [9.17, 15) is 0 Å². The minimum absolute atomic E-state index is 0.160. The van der Waals surface area contributed by atoms with Gasteiger partial charge in [-0.2, -0.15) is 0 Å². The van der Waals surface area contributed by atoms with Crippen LogP contribution < -0.4 is 10.6 Å². The topological polar surface area (TPSA) is 45.7 Å². The van der Waals surface area contributed by atoms with Gasteiger partial charge in [-0.15, -0.1) is 6.42 Å². The molecule has 1 saturated carbocycles. The summed E-state index contributed by atoms with van der Waals surface area (Å²) in [6, 6.07) is 0.417. The summed E-state index contributed by atoms with van der Waals surface area (Å²) in [5.41, 5.74) is 0.160. The summed E-state index contributed by atoms with van der Waals surface area (Å²) >= 11 is 0. The zero-order valence-electron chi connectivity index (χ0n) is 11.5. The molecule has 3 atom stereocenters. The first-order valence-corrected chi connectivity index (χ1v) is 6.71. The maximum Gasteiger partial charge on any atom is 0.192 e. The van der Waals surface area contributed by atoms with Crippen molar-refractivity contribution in [3.05, 3.63) is 0 Å². The first-order valence-electron chi connectivity index (χ1n) is 6.71. The molecule has 2 fully saturated rings. The predicted octanol–water partition coefficient (Wildman–Crippen LogP) is 0.988. The molecule has 0 aromatic heterocycles. The van der Waals surface area contributed by atoms with Crippen LogP contribution in [0.4, 0.5) is 0 Å². The van der Waals surface area contributed by atoms with E-state index in [-0.39, 0.29) is 5.41 Å². The zero-order valence-corrected chi connectivity index (χ0v) is 11.5. The fourth-order valence-corrected chi connectivity index (χ4v) is 3.21. The minimum Gasteiger partial charge on any atom is -0.377 e. The second kappa shape index (κ2) is 5.19. The first-order chi connectivity index (χ1) is 8.61. The fourth-order valence-electron chi connectivity index (χ4n) is 3.21. The molecule has 4 heteroatoms. The van der Waals surface area contributed by atoms with Gasteiger partial charge in [-0.05, 0) is 13.3 Å². The molecule has 1 heterocycles. The molecule has 4 nitrogen and oxygen atoms in total. The Bertz CT molecular complexity index is 370. The van der Waals surface area contributed by atoms with Gasteiger partial charge in [0, 0.05) is 30.5 Å². The molecular formula is C14H23N3O. The van der Waals surface area contributed by atoms with E-state index in [1.54, 1.807) is 0 Å². The SMILES string of the molecule is C#CCN=C(NCC)NC1C2CCOC2C1(C)C. The highest BCUT2D eigenvalue weighted by molar-refractivity contribution is 5.80. The third-order valence-electron chi connectivity index (χ3n) is 4.07. The Kier molecular flexibility index (Phi) is 3.82. The largest absolute Gasteiger partial charge is 0.377 e. The van der Waals surface area contributed by atoms with Crippen molar-refractivity contribution < 1.29 is 4.74 Å². The number of hydrogen-bond donors (Lipinski definition) is 2. The van der Waals surface area contributed by atoms with Crippen LogP contribution in [0.3, 0.4) is 0 Å². The molecule has 2 aliphatic rings. The quantitative estimate of drug-likeness (QED) is 0.445. The van der Waals surface area contributed by atoms with Gasteiger partial charge < -0.3 is 15.4 Å². The molecule has 1 aliphatic heterocycles. The van der Waals surface area contributed by atoms with Crippen LogP contribution in [0.1, 0.15) is 27.2 Å². The molecule has 0 aromatic carbocycles. The van der Waals surface area contributed by atoms with Crippen LogP contribution in [-0.2, 0) is 4.74 Å². The number of rotatable bonds is 3. The van der Waals surface area contributed by atoms with E-state index in [2.05, 4.69) is 42.3 Å². The highest BCUT2D eigenvalue weighted by Crippen LogP contribution is 2.51. The molecule has 3 unspecified atom stereocenters. The standard InChI is InChI=1S/C14H23N3O/c1-5-8-16-13(15-6-2)17-11-10-7-9-18-12(10)14(11,3)4/h1,10-12H,6-9H2,2-4H3,(H2,15,16,17). The van der Waals surface area contributed by atoms with Crippen molar-refractivity contribution in [1.82, 2.24) is 10.6 Å². The number of guanidine groups is 1. The van der Waals surface area contributed by atoms with E-state index in [1.165, 1.54) is 0 Å². The Hall–Kier alpha value is -1.21. The minimum atomic E-state index is 0.160. The van der Waals surface area contributed by atoms with E-state index >= 15 is 0 Å². The lowest BCUT2D eigenvalue weighted by Gasteiger charge is -2.54. The summed E-state index contributed by atoms with van der Waals surface area (Å²) in [6.45, 7) is 8.69. The van der Waals surface area contributed by atoms with Crippen LogP contribution in [0, 0.1) is 23.7 Å². The normalized spacial score (nSPS) is 33.2. The van der Waals surface area contributed by atoms with E-state index < -0.39 is 0 Å². The number of terminal acetylenes is 1. The molecule has 0 spiro atoms. The highest BCUT2D eigenvalue weighted by Gasteiger charge is 2.59. The summed E-state index contributed by atoms with van der Waals surface area (Å²) < 4.78 is 5.79. The Morgan fingerprint density at radius 2 is 2.33 bits per heavy atom. The predicted molar refractivity (Wildman–Crippen MR) is 73.4 cm³/mol. The number of nitrogens with one attached hydrogen (secondary N) is 2. The van der Waals surface area contributed by atoms with Gasteiger partial charge in [0.05, 0.1) is 6.10 Å². The summed E-state index contributed by atoms with van der Waals surface area (Å²) in [4.78, 5) is 4.35. The van der Waals surface area contributed by atoms with Crippen molar-refractivity contribution in [3.8, 4) is 12.3 Å². The molecule has 2 N–H and O–H groups in total. The number of hydrogen-bond acceptors (Lipinski definition) is 2. The van der Waals surface area contributed by atoms with Gasteiger partial charge in [0.1, 0.15) is 6.54 Å². The first kappa shape index (κ1) is 13.2. The van der Waals surface area contributed by atoms with Crippen molar-refractivity contribution >= 4 is 5.96 Å². The van der Waals surface area contributed by atoms with E-state index in [4.69, 9.17) is 11.2 Å². The van der Waals surface area contributed by atoms with E-state index in [1.807, 2.05) is 0 Å². The van der Waals surface area contributed by atoms with Crippen LogP contribution >= 0.6 is 0 Å². The molecule has 1 aliphatic carbocycles. The average Bonchev–Trinajstić information content (AvgIpc) is 2.79. The molecule has 0 bridgehead atoms. The molecule has 18 heavy (non-hydrogen) atoms. The van der Waals surface area contributed by atoms with Crippen molar-refractivity contribution in [3.63, 3.8) is 0 Å². The Morgan fingerprint density at radius 3 is 3.00 bits per heavy atom. The lowest BCUT2D eigenvalue weighted by molar-refractivity contribution is -0.106. The summed E-state index contributed by atoms with van der Waals surface area (Å²) in [7, 11) is 0. The second-order valence-electron chi connectivity index (χ2n) is 5.59. The smallest absolute Gasteiger partial charge is 0.192 e. The van der Waals surface area contributed by atoms with Crippen molar-refractivity contribution in [2.45, 2.75) is 39.3 Å². The lowest BCUT2D eigenvalue weighted by atomic mass is 9.57. The van der Waals surface area contributed by atoms with Crippen molar-refractivity contribution in [2.75, 3.05) is 19.7 Å². The number of aliphatic imine (C=N–C) groups is 1. The third kappa shape index (κ3) is 2.20. The number of ether oxygens (including phenoxy) is 1. The highest BCUT2D eigenvalue weighted by atomic mass is 16.5. The van der Waals surface area contributed by atoms with Gasteiger partial charge in [-0.25, -0.2) is 4.99 Å². The van der Waals surface area contributed by atoms with E-state index in [0.29, 0.717) is 24.6 Å². The average molecular weight is 249 g/mol. The van der Waals surface area contributed by atoms with Crippen molar-refractivity contribution in [2.24, 2.45) is 16.3 Å². The van der Waals surface area contributed by atoms with Crippen LogP contribution in [-0.4, -0.2) is 37.8 Å². The number of nitrogens with zero attached hydrogens (tertiary/aromatic N) is 1. The Morgan fingerprint density at radius 1 is 1.56 bits per heavy atom. The Balaban J connectivity index is 2.01. The molecule has 100 valence electrons. The molecule has 0 amide bonds. The maximum atomic E-state index is 5.79. The van der Waals surface area contributed by atoms with Gasteiger partial charge in [-0.3, -0.25) is 0 Å². The zero-order chi connectivity index (χ0) is 13.2. The fraction of sp³-hybridized carbons (Fsp3) is 0.786. The van der Waals surface area contributed by atoms with E-state index in [0.717, 1.165) is 25.5 Å². The molecule has 2 rings (SSSR count). The maximum absolute atomic E-state index is 5.79. The molecule has 1 saturated heterocycles. The Labute approximate surface area is 110 Å². The van der Waals surface area contributed by atoms with Crippen molar-refractivity contribution in [1.29, 1.82) is 0 Å². The van der Waals surface area contributed by atoms with Crippen LogP contribution in [0.15, 0.2) is 4.99 Å². The molecule has 0 aromatic rings. The molecule has 0 radical (unpaired) electrons. The lowest BCUT2D eigenvalue weighted by Crippen LogP contribution is -2.67. The summed E-state index contributed by atoms with van der Waals surface area (Å²) in [6.07, 6.45) is 6.79. The molecular weight excluding hydrogens is 226 g/mol. The summed E-state index contributed by atoms with van der Waals surface area (Å²) in [5, 5.41) is 6.75. The monoisotopic (exact) mass is 249 g/mol. The van der Waals surface area contributed by atoms with Crippen LogP contribution in [0.25, 0.3) is 0 Å². The van der Waals surface area contributed by atoms with Crippen LogP contribution in [0.2, 0.25) is 0 Å². The number of fused-ring (bicyclic) bond motifs is 1. The van der Waals surface area contributed by atoms with Gasteiger partial charge in [-0.1, -0.05) is 19.8 Å². The van der Waals surface area contributed by atoms with Gasteiger partial charge >= 0.3 is 0 Å². The van der Waals surface area contributed by atoms with Gasteiger partial charge in [0.15, 0.2) is 5.96 Å². The van der Waals surface area contributed by atoms with Crippen LogP contribution in [0.5, 0.6) is 0 Å². The van der Waals surface area contributed by atoms with Gasteiger partial charge in [0.25, 0.3) is 0 Å². The third-order valence-corrected chi connectivity index (χ3v) is 4.07.